The number of hydrogen-bond donors (Lipinski definition) is 1. The molecule has 1 nitrogen and oxygen atoms in total. The molecule has 0 aromatic heterocycles. The molecule has 0 bridgehead atoms. The zero-order valence-corrected chi connectivity index (χ0v) is 10.8. The Morgan fingerprint density at radius 2 is 1.85 bits per heavy atom. The first-order valence-corrected chi connectivity index (χ1v) is 6.63. The SMILES string of the molecule is Fc1ccc(Cc2ccc3c(c2)CCCN3)c(F)c1F. The lowest BCUT2D eigenvalue weighted by molar-refractivity contribution is 0.442. The van der Waals surface area contributed by atoms with Crippen LogP contribution in [0.3, 0.4) is 0 Å². The van der Waals surface area contributed by atoms with Gasteiger partial charge in [0.05, 0.1) is 0 Å². The molecule has 0 unspecified atom stereocenters. The predicted octanol–water partition coefficient (Wildman–Crippen LogP) is 4.05. The maximum Gasteiger partial charge on any atom is 0.194 e. The third kappa shape index (κ3) is 2.38. The van der Waals surface area contributed by atoms with E-state index in [-0.39, 0.29) is 12.0 Å². The van der Waals surface area contributed by atoms with Gasteiger partial charge in [-0.15, -0.1) is 0 Å². The van der Waals surface area contributed by atoms with Crippen molar-refractivity contribution in [3.63, 3.8) is 0 Å². The van der Waals surface area contributed by atoms with E-state index in [9.17, 15) is 13.2 Å². The molecule has 0 saturated carbocycles. The fraction of sp³-hybridized carbons (Fsp3) is 0.250. The zero-order valence-electron chi connectivity index (χ0n) is 10.8. The van der Waals surface area contributed by atoms with Crippen molar-refractivity contribution in [3.05, 3.63) is 64.5 Å². The van der Waals surface area contributed by atoms with Gasteiger partial charge >= 0.3 is 0 Å². The summed E-state index contributed by atoms with van der Waals surface area (Å²) in [4.78, 5) is 0. The molecule has 3 rings (SSSR count). The molecule has 0 fully saturated rings. The lowest BCUT2D eigenvalue weighted by Crippen LogP contribution is -2.11. The minimum atomic E-state index is -1.40. The molecule has 4 heteroatoms. The Morgan fingerprint density at radius 3 is 2.70 bits per heavy atom. The highest BCUT2D eigenvalue weighted by Gasteiger charge is 2.14. The van der Waals surface area contributed by atoms with Gasteiger partial charge in [-0.1, -0.05) is 18.2 Å². The quantitative estimate of drug-likeness (QED) is 0.816. The summed E-state index contributed by atoms with van der Waals surface area (Å²) in [7, 11) is 0. The number of aryl methyl sites for hydroxylation is 1. The van der Waals surface area contributed by atoms with Crippen LogP contribution >= 0.6 is 0 Å². The van der Waals surface area contributed by atoms with Crippen LogP contribution in [0.1, 0.15) is 23.1 Å². The van der Waals surface area contributed by atoms with Crippen LogP contribution in [0.25, 0.3) is 0 Å². The molecular weight excluding hydrogens is 263 g/mol. The highest BCUT2D eigenvalue weighted by atomic mass is 19.2. The van der Waals surface area contributed by atoms with E-state index in [1.807, 2.05) is 18.2 Å². The van der Waals surface area contributed by atoms with Crippen LogP contribution in [0.4, 0.5) is 18.9 Å². The maximum atomic E-state index is 13.7. The van der Waals surface area contributed by atoms with E-state index < -0.39 is 17.5 Å². The average Bonchev–Trinajstić information content (AvgIpc) is 2.48. The maximum absolute atomic E-state index is 13.7. The Morgan fingerprint density at radius 1 is 1.00 bits per heavy atom. The number of fused-ring (bicyclic) bond motifs is 1. The molecule has 2 aromatic rings. The van der Waals surface area contributed by atoms with Gasteiger partial charge in [0.1, 0.15) is 0 Å². The molecule has 0 amide bonds. The number of benzene rings is 2. The highest BCUT2D eigenvalue weighted by Crippen LogP contribution is 2.25. The number of anilines is 1. The van der Waals surface area contributed by atoms with Crippen LogP contribution in [-0.4, -0.2) is 6.54 Å². The van der Waals surface area contributed by atoms with Crippen LogP contribution in [0.15, 0.2) is 30.3 Å². The number of rotatable bonds is 2. The Bertz CT molecular complexity index is 652. The molecule has 1 N–H and O–H groups in total. The predicted molar refractivity (Wildman–Crippen MR) is 72.4 cm³/mol. The van der Waals surface area contributed by atoms with Gasteiger partial charge in [0.15, 0.2) is 17.5 Å². The fourth-order valence-electron chi connectivity index (χ4n) is 2.56. The smallest absolute Gasteiger partial charge is 0.194 e. The minimum absolute atomic E-state index is 0.174. The van der Waals surface area contributed by atoms with Crippen molar-refractivity contribution in [3.8, 4) is 0 Å². The fourth-order valence-corrected chi connectivity index (χ4v) is 2.56. The molecular formula is C16H14F3N. The standard InChI is InChI=1S/C16H14F3N/c17-13-5-4-12(15(18)16(13)19)9-10-3-6-14-11(8-10)2-1-7-20-14/h3-6,8,20H,1-2,7,9H2. The molecule has 0 aliphatic carbocycles. The van der Waals surface area contributed by atoms with E-state index in [1.165, 1.54) is 11.6 Å². The molecule has 1 aliphatic heterocycles. The van der Waals surface area contributed by atoms with E-state index in [2.05, 4.69) is 5.32 Å². The van der Waals surface area contributed by atoms with E-state index in [0.717, 1.165) is 36.7 Å². The lowest BCUT2D eigenvalue weighted by Gasteiger charge is -2.18. The normalized spacial score (nSPS) is 13.8. The summed E-state index contributed by atoms with van der Waals surface area (Å²) in [5.41, 5.74) is 3.37. The van der Waals surface area contributed by atoms with Gasteiger partial charge in [0.2, 0.25) is 0 Å². The van der Waals surface area contributed by atoms with Crippen molar-refractivity contribution in [1.82, 2.24) is 0 Å². The molecule has 0 atom stereocenters. The monoisotopic (exact) mass is 277 g/mol. The topological polar surface area (TPSA) is 12.0 Å². The van der Waals surface area contributed by atoms with Gasteiger partial charge < -0.3 is 5.32 Å². The Hall–Kier alpha value is -1.97. The van der Waals surface area contributed by atoms with Crippen molar-refractivity contribution >= 4 is 5.69 Å². The molecule has 1 aliphatic rings. The Labute approximate surface area is 115 Å². The van der Waals surface area contributed by atoms with Crippen molar-refractivity contribution in [1.29, 1.82) is 0 Å². The summed E-state index contributed by atoms with van der Waals surface area (Å²) >= 11 is 0. The minimum Gasteiger partial charge on any atom is -0.385 e. The molecule has 1 heterocycles. The van der Waals surface area contributed by atoms with Gasteiger partial charge in [-0.2, -0.15) is 0 Å². The van der Waals surface area contributed by atoms with E-state index in [4.69, 9.17) is 0 Å². The van der Waals surface area contributed by atoms with E-state index >= 15 is 0 Å². The van der Waals surface area contributed by atoms with Crippen LogP contribution in [0.2, 0.25) is 0 Å². The second-order valence-electron chi connectivity index (χ2n) is 5.03. The Balaban J connectivity index is 1.90. The first-order chi connectivity index (χ1) is 9.65. The highest BCUT2D eigenvalue weighted by molar-refractivity contribution is 5.54. The van der Waals surface area contributed by atoms with Crippen LogP contribution in [0.5, 0.6) is 0 Å². The molecule has 104 valence electrons. The first-order valence-electron chi connectivity index (χ1n) is 6.63. The lowest BCUT2D eigenvalue weighted by atomic mass is 9.97. The number of nitrogens with one attached hydrogen (secondary N) is 1. The summed E-state index contributed by atoms with van der Waals surface area (Å²) < 4.78 is 39.8. The van der Waals surface area contributed by atoms with Gasteiger partial charge in [-0.05, 0) is 41.7 Å². The summed E-state index contributed by atoms with van der Waals surface area (Å²) in [5.74, 6) is -3.65. The number of halogens is 3. The summed E-state index contributed by atoms with van der Waals surface area (Å²) in [6, 6.07) is 8.11. The second kappa shape index (κ2) is 5.19. The van der Waals surface area contributed by atoms with Crippen LogP contribution in [0, 0.1) is 17.5 Å². The summed E-state index contributed by atoms with van der Waals surface area (Å²) in [6.07, 6.45) is 2.31. The molecule has 2 aromatic carbocycles. The largest absolute Gasteiger partial charge is 0.385 e. The van der Waals surface area contributed by atoms with Crippen LogP contribution in [-0.2, 0) is 12.8 Å². The van der Waals surface area contributed by atoms with Gasteiger partial charge in [-0.25, -0.2) is 13.2 Å². The molecule has 0 radical (unpaired) electrons. The average molecular weight is 277 g/mol. The van der Waals surface area contributed by atoms with Gasteiger partial charge in [0, 0.05) is 18.7 Å². The molecule has 20 heavy (non-hydrogen) atoms. The first kappa shape index (κ1) is 13.0. The number of hydrogen-bond acceptors (Lipinski definition) is 1. The van der Waals surface area contributed by atoms with Crippen molar-refractivity contribution in [2.75, 3.05) is 11.9 Å². The zero-order chi connectivity index (χ0) is 14.1. The summed E-state index contributed by atoms with van der Waals surface area (Å²) in [6.45, 7) is 0.962. The van der Waals surface area contributed by atoms with E-state index in [1.54, 1.807) is 0 Å². The molecule has 0 spiro atoms. The van der Waals surface area contributed by atoms with Gasteiger partial charge in [0.25, 0.3) is 0 Å². The second-order valence-corrected chi connectivity index (χ2v) is 5.03. The third-order valence-corrected chi connectivity index (χ3v) is 3.62. The van der Waals surface area contributed by atoms with Gasteiger partial charge in [-0.3, -0.25) is 0 Å². The third-order valence-electron chi connectivity index (χ3n) is 3.62. The molecule has 0 saturated heterocycles. The summed E-state index contributed by atoms with van der Waals surface area (Å²) in [5, 5.41) is 3.30. The Kier molecular flexibility index (Phi) is 3.38. The van der Waals surface area contributed by atoms with Crippen molar-refractivity contribution in [2.45, 2.75) is 19.3 Å². The van der Waals surface area contributed by atoms with Crippen LogP contribution < -0.4 is 5.32 Å². The van der Waals surface area contributed by atoms with E-state index in [0.29, 0.717) is 0 Å². The van der Waals surface area contributed by atoms with Crippen molar-refractivity contribution < 1.29 is 13.2 Å². The van der Waals surface area contributed by atoms with Crippen molar-refractivity contribution in [2.24, 2.45) is 0 Å².